The van der Waals surface area contributed by atoms with Gasteiger partial charge in [-0.1, -0.05) is 19.1 Å². The average molecular weight is 312 g/mol. The van der Waals surface area contributed by atoms with Crippen LogP contribution >= 0.6 is 0 Å². The molecule has 0 amide bonds. The smallest absolute Gasteiger partial charge is 0.243 e. The summed E-state index contributed by atoms with van der Waals surface area (Å²) in [5, 5.41) is 9.23. The number of rotatable bonds is 4. The van der Waals surface area contributed by atoms with Gasteiger partial charge in [-0.3, -0.25) is 0 Å². The highest BCUT2D eigenvalue weighted by atomic mass is 32.2. The minimum atomic E-state index is -3.51. The average Bonchev–Trinajstić information content (AvgIpc) is 2.82. The first-order valence-electron chi connectivity index (χ1n) is 7.14. The van der Waals surface area contributed by atoms with Gasteiger partial charge in [0.05, 0.1) is 11.5 Å². The number of aliphatic hydroxyl groups excluding tert-OH is 1. The van der Waals surface area contributed by atoms with Crippen molar-refractivity contribution >= 4 is 10.0 Å². The summed E-state index contributed by atoms with van der Waals surface area (Å²) in [5.41, 5.74) is 1.34. The number of nitrogens with zero attached hydrogens (tertiary/aromatic N) is 2. The molecular formula is C15H24N2O3S. The first kappa shape index (κ1) is 16.4. The van der Waals surface area contributed by atoms with Crippen molar-refractivity contribution in [2.75, 3.05) is 27.2 Å². The zero-order valence-corrected chi connectivity index (χ0v) is 13.9. The first-order chi connectivity index (χ1) is 9.77. The molecule has 1 saturated heterocycles. The number of hydrogen-bond acceptors (Lipinski definition) is 4. The fourth-order valence-electron chi connectivity index (χ4n) is 2.93. The molecular weight excluding hydrogens is 288 g/mol. The van der Waals surface area contributed by atoms with Crippen molar-refractivity contribution in [1.29, 1.82) is 0 Å². The van der Waals surface area contributed by atoms with Crippen LogP contribution in [0.15, 0.2) is 23.1 Å². The molecule has 1 aliphatic rings. The van der Waals surface area contributed by atoms with Crippen molar-refractivity contribution in [3.8, 4) is 0 Å². The molecule has 1 aromatic carbocycles. The molecule has 1 fully saturated rings. The third-order valence-electron chi connectivity index (χ3n) is 4.26. The van der Waals surface area contributed by atoms with E-state index in [1.807, 2.05) is 14.1 Å². The fourth-order valence-corrected chi connectivity index (χ4v) is 4.77. The Morgan fingerprint density at radius 2 is 2.00 bits per heavy atom. The Labute approximate surface area is 127 Å². The number of sulfonamides is 1. The summed E-state index contributed by atoms with van der Waals surface area (Å²) in [6, 6.07) is 5.32. The Hall–Kier alpha value is -0.950. The van der Waals surface area contributed by atoms with Crippen molar-refractivity contribution in [1.82, 2.24) is 9.21 Å². The molecule has 21 heavy (non-hydrogen) atoms. The molecule has 2 unspecified atom stereocenters. The highest BCUT2D eigenvalue weighted by Crippen LogP contribution is 2.28. The van der Waals surface area contributed by atoms with Crippen LogP contribution in [0, 0.1) is 12.8 Å². The highest BCUT2D eigenvalue weighted by Gasteiger charge is 2.38. The molecule has 5 nitrogen and oxygen atoms in total. The summed E-state index contributed by atoms with van der Waals surface area (Å²) in [4.78, 5) is 2.39. The van der Waals surface area contributed by atoms with Crippen LogP contribution < -0.4 is 0 Å². The molecule has 0 saturated carbocycles. The SMILES string of the molecule is Cc1ccc(CO)cc1S(=O)(=O)N1CC(C)C(N(C)C)C1. The summed E-state index contributed by atoms with van der Waals surface area (Å²) in [7, 11) is 0.456. The Balaban J connectivity index is 2.35. The molecule has 6 heteroatoms. The first-order valence-corrected chi connectivity index (χ1v) is 8.58. The largest absolute Gasteiger partial charge is 0.392 e. The monoisotopic (exact) mass is 312 g/mol. The Morgan fingerprint density at radius 1 is 1.33 bits per heavy atom. The van der Waals surface area contributed by atoms with Gasteiger partial charge < -0.3 is 10.0 Å². The standard InChI is InChI=1S/C15H24N2O3S/c1-11-5-6-13(10-18)7-15(11)21(19,20)17-8-12(2)14(9-17)16(3)4/h5-7,12,14,18H,8-10H2,1-4H3. The lowest BCUT2D eigenvalue weighted by Gasteiger charge is -2.22. The van der Waals surface area contributed by atoms with E-state index in [1.165, 1.54) is 0 Å². The lowest BCUT2D eigenvalue weighted by molar-refractivity contribution is 0.263. The molecule has 0 aliphatic carbocycles. The maximum Gasteiger partial charge on any atom is 0.243 e. The summed E-state index contributed by atoms with van der Waals surface area (Å²) < 4.78 is 27.3. The second kappa shape index (κ2) is 6.04. The summed E-state index contributed by atoms with van der Waals surface area (Å²) in [6.45, 7) is 4.76. The molecule has 0 bridgehead atoms. The number of benzene rings is 1. The van der Waals surface area contributed by atoms with Gasteiger partial charge in [-0.25, -0.2) is 8.42 Å². The second-order valence-electron chi connectivity index (χ2n) is 6.09. The predicted octanol–water partition coefficient (Wildman–Crippen LogP) is 1.06. The van der Waals surface area contributed by atoms with Crippen LogP contribution in [0.3, 0.4) is 0 Å². The number of aryl methyl sites for hydroxylation is 1. The van der Waals surface area contributed by atoms with E-state index >= 15 is 0 Å². The van der Waals surface area contributed by atoms with Gasteiger partial charge in [0.25, 0.3) is 0 Å². The van der Waals surface area contributed by atoms with E-state index in [0.717, 1.165) is 0 Å². The lowest BCUT2D eigenvalue weighted by Crippen LogP contribution is -2.36. The zero-order chi connectivity index (χ0) is 15.8. The fraction of sp³-hybridized carbons (Fsp3) is 0.600. The summed E-state index contributed by atoms with van der Waals surface area (Å²) >= 11 is 0. The van der Waals surface area contributed by atoms with Gasteiger partial charge in [0.1, 0.15) is 0 Å². The van der Waals surface area contributed by atoms with E-state index in [1.54, 1.807) is 29.4 Å². The van der Waals surface area contributed by atoms with E-state index in [4.69, 9.17) is 0 Å². The Bertz CT molecular complexity index is 613. The van der Waals surface area contributed by atoms with Crippen LogP contribution in [0.5, 0.6) is 0 Å². The Morgan fingerprint density at radius 3 is 2.52 bits per heavy atom. The topological polar surface area (TPSA) is 60.9 Å². The molecule has 0 spiro atoms. The normalized spacial score (nSPS) is 23.9. The molecule has 1 aromatic rings. The molecule has 1 heterocycles. The third kappa shape index (κ3) is 3.13. The summed E-state index contributed by atoms with van der Waals surface area (Å²) in [5.74, 6) is 0.302. The number of likely N-dealkylation sites (N-methyl/N-ethyl adjacent to an activating group) is 1. The van der Waals surface area contributed by atoms with Gasteiger partial charge in [-0.15, -0.1) is 0 Å². The molecule has 0 aromatic heterocycles. The quantitative estimate of drug-likeness (QED) is 0.903. The number of hydrogen-bond donors (Lipinski definition) is 1. The van der Waals surface area contributed by atoms with E-state index < -0.39 is 10.0 Å². The van der Waals surface area contributed by atoms with Crippen LogP contribution in [-0.4, -0.2) is 56.0 Å². The van der Waals surface area contributed by atoms with Crippen LogP contribution in [-0.2, 0) is 16.6 Å². The van der Waals surface area contributed by atoms with Gasteiger partial charge in [0.15, 0.2) is 0 Å². The molecule has 0 radical (unpaired) electrons. The third-order valence-corrected chi connectivity index (χ3v) is 6.23. The predicted molar refractivity (Wildman–Crippen MR) is 82.5 cm³/mol. The minimum absolute atomic E-state index is 0.153. The van der Waals surface area contributed by atoms with E-state index in [-0.39, 0.29) is 12.6 Å². The molecule has 118 valence electrons. The van der Waals surface area contributed by atoms with Crippen molar-refractivity contribution in [2.24, 2.45) is 5.92 Å². The molecule has 2 rings (SSSR count). The van der Waals surface area contributed by atoms with Gasteiger partial charge in [0.2, 0.25) is 10.0 Å². The number of aliphatic hydroxyl groups is 1. The van der Waals surface area contributed by atoms with Gasteiger partial charge >= 0.3 is 0 Å². The van der Waals surface area contributed by atoms with Crippen molar-refractivity contribution < 1.29 is 13.5 Å². The maximum absolute atomic E-state index is 12.9. The lowest BCUT2D eigenvalue weighted by atomic mass is 10.1. The van der Waals surface area contributed by atoms with Crippen molar-refractivity contribution in [3.05, 3.63) is 29.3 Å². The van der Waals surface area contributed by atoms with Gasteiger partial charge in [0, 0.05) is 19.1 Å². The molecule has 1 N–H and O–H groups in total. The van der Waals surface area contributed by atoms with Crippen molar-refractivity contribution in [2.45, 2.75) is 31.4 Å². The van der Waals surface area contributed by atoms with Crippen molar-refractivity contribution in [3.63, 3.8) is 0 Å². The Kier molecular flexibility index (Phi) is 4.72. The van der Waals surface area contributed by atoms with Crippen LogP contribution in [0.25, 0.3) is 0 Å². The zero-order valence-electron chi connectivity index (χ0n) is 13.1. The van der Waals surface area contributed by atoms with Crippen LogP contribution in [0.4, 0.5) is 0 Å². The van der Waals surface area contributed by atoms with Crippen LogP contribution in [0.1, 0.15) is 18.1 Å². The highest BCUT2D eigenvalue weighted by molar-refractivity contribution is 7.89. The minimum Gasteiger partial charge on any atom is -0.392 e. The molecule has 1 aliphatic heterocycles. The van der Waals surface area contributed by atoms with E-state index in [2.05, 4.69) is 11.8 Å². The van der Waals surface area contributed by atoms with E-state index in [9.17, 15) is 13.5 Å². The maximum atomic E-state index is 12.9. The van der Waals surface area contributed by atoms with Gasteiger partial charge in [-0.2, -0.15) is 4.31 Å². The van der Waals surface area contributed by atoms with Crippen LogP contribution in [0.2, 0.25) is 0 Å². The molecule has 2 atom stereocenters. The van der Waals surface area contributed by atoms with Gasteiger partial charge in [-0.05, 0) is 44.1 Å². The van der Waals surface area contributed by atoms with E-state index in [0.29, 0.717) is 35.0 Å². The second-order valence-corrected chi connectivity index (χ2v) is 7.99. The summed E-state index contributed by atoms with van der Waals surface area (Å²) in [6.07, 6.45) is 0.